The van der Waals surface area contributed by atoms with Crippen molar-refractivity contribution < 1.29 is 19.4 Å². The summed E-state index contributed by atoms with van der Waals surface area (Å²) < 4.78 is 6.86. The van der Waals surface area contributed by atoms with Gasteiger partial charge in [-0.1, -0.05) is 44.0 Å². The number of halogens is 1. The molecule has 1 aliphatic rings. The molecule has 1 fully saturated rings. The van der Waals surface area contributed by atoms with E-state index in [1.54, 1.807) is 24.3 Å². The van der Waals surface area contributed by atoms with Gasteiger partial charge < -0.3 is 15.2 Å². The molecule has 5 nitrogen and oxygen atoms in total. The molecule has 3 rings (SSSR count). The summed E-state index contributed by atoms with van der Waals surface area (Å²) in [4.78, 5) is 24.0. The van der Waals surface area contributed by atoms with Crippen LogP contribution in [0.25, 0.3) is 6.08 Å². The molecular formula is C24H26INO4. The summed E-state index contributed by atoms with van der Waals surface area (Å²) in [5.41, 5.74) is 0.560. The van der Waals surface area contributed by atoms with Crippen LogP contribution in [0, 0.1) is 15.4 Å². The van der Waals surface area contributed by atoms with Gasteiger partial charge in [0.2, 0.25) is 5.91 Å². The highest BCUT2D eigenvalue weighted by Gasteiger charge is 2.22. The minimum absolute atomic E-state index is 0.115. The van der Waals surface area contributed by atoms with Gasteiger partial charge in [-0.3, -0.25) is 4.79 Å². The van der Waals surface area contributed by atoms with Crippen molar-refractivity contribution in [2.45, 2.75) is 39.0 Å². The molecule has 1 saturated carbocycles. The number of rotatable bonds is 7. The van der Waals surface area contributed by atoms with Crippen LogP contribution in [0.2, 0.25) is 0 Å². The molecule has 0 unspecified atom stereocenters. The minimum Gasteiger partial charge on any atom is -0.477 e. The van der Waals surface area contributed by atoms with E-state index in [1.807, 2.05) is 24.3 Å². The largest absolute Gasteiger partial charge is 0.477 e. The van der Waals surface area contributed by atoms with E-state index < -0.39 is 5.97 Å². The van der Waals surface area contributed by atoms with E-state index in [-0.39, 0.29) is 11.6 Å². The number of aliphatic carboxylic acids is 1. The first-order valence-corrected chi connectivity index (χ1v) is 11.3. The SMILES string of the molecule is CC1CCC(CC(=O)NC(=Cc2ccc(Oc3ccccc3I)cc2)C(=O)O)CC1. The predicted octanol–water partition coefficient (Wildman–Crippen LogP) is 5.84. The zero-order chi connectivity index (χ0) is 21.5. The average molecular weight is 519 g/mol. The van der Waals surface area contributed by atoms with Crippen LogP contribution in [-0.4, -0.2) is 17.0 Å². The molecule has 0 aliphatic heterocycles. The molecule has 0 atom stereocenters. The Morgan fingerprint density at radius 2 is 1.77 bits per heavy atom. The third kappa shape index (κ3) is 6.58. The van der Waals surface area contributed by atoms with Crippen LogP contribution >= 0.6 is 22.6 Å². The second kappa shape index (κ2) is 10.6. The maximum absolute atomic E-state index is 12.4. The van der Waals surface area contributed by atoms with Gasteiger partial charge in [-0.15, -0.1) is 0 Å². The van der Waals surface area contributed by atoms with E-state index >= 15 is 0 Å². The van der Waals surface area contributed by atoms with Crippen LogP contribution in [0.3, 0.4) is 0 Å². The second-order valence-corrected chi connectivity index (χ2v) is 9.01. The number of nitrogens with one attached hydrogen (secondary N) is 1. The van der Waals surface area contributed by atoms with Crippen molar-refractivity contribution in [3.05, 3.63) is 63.4 Å². The highest BCUT2D eigenvalue weighted by Crippen LogP contribution is 2.30. The number of carboxylic acids is 1. The molecule has 0 spiro atoms. The average Bonchev–Trinajstić information content (AvgIpc) is 2.72. The van der Waals surface area contributed by atoms with E-state index in [0.717, 1.165) is 40.9 Å². The zero-order valence-electron chi connectivity index (χ0n) is 16.9. The summed E-state index contributed by atoms with van der Waals surface area (Å²) in [7, 11) is 0. The molecule has 1 aliphatic carbocycles. The Labute approximate surface area is 190 Å². The molecule has 1 amide bonds. The standard InChI is InChI=1S/C24H26INO4/c1-16-6-8-18(9-7-16)15-23(27)26-21(24(28)29)14-17-10-12-19(13-11-17)30-22-5-3-2-4-20(22)25/h2-5,10-14,16,18H,6-9,15H2,1H3,(H,26,27)(H,28,29). The topological polar surface area (TPSA) is 75.6 Å². The lowest BCUT2D eigenvalue weighted by molar-refractivity contribution is -0.134. The van der Waals surface area contributed by atoms with Crippen LogP contribution in [0.5, 0.6) is 11.5 Å². The fourth-order valence-electron chi connectivity index (χ4n) is 3.60. The Hall–Kier alpha value is -2.35. The van der Waals surface area contributed by atoms with E-state index in [4.69, 9.17) is 4.74 Å². The van der Waals surface area contributed by atoms with Crippen LogP contribution < -0.4 is 10.1 Å². The van der Waals surface area contributed by atoms with Crippen LogP contribution in [0.1, 0.15) is 44.6 Å². The maximum Gasteiger partial charge on any atom is 0.352 e. The fraction of sp³-hybridized carbons (Fsp3) is 0.333. The monoisotopic (exact) mass is 519 g/mol. The van der Waals surface area contributed by atoms with Crippen molar-refractivity contribution in [1.82, 2.24) is 5.32 Å². The molecule has 2 N–H and O–H groups in total. The Morgan fingerprint density at radius 3 is 2.40 bits per heavy atom. The van der Waals surface area contributed by atoms with Gasteiger partial charge >= 0.3 is 5.97 Å². The minimum atomic E-state index is -1.15. The van der Waals surface area contributed by atoms with Gasteiger partial charge in [0.1, 0.15) is 17.2 Å². The van der Waals surface area contributed by atoms with Crippen molar-refractivity contribution in [3.63, 3.8) is 0 Å². The first kappa shape index (κ1) is 22.3. The molecule has 0 radical (unpaired) electrons. The van der Waals surface area contributed by atoms with Gasteiger partial charge in [-0.2, -0.15) is 0 Å². The van der Waals surface area contributed by atoms with E-state index in [0.29, 0.717) is 23.7 Å². The molecule has 2 aromatic rings. The lowest BCUT2D eigenvalue weighted by Crippen LogP contribution is -2.29. The van der Waals surface area contributed by atoms with Gasteiger partial charge in [-0.25, -0.2) is 4.79 Å². The van der Waals surface area contributed by atoms with Crippen molar-refractivity contribution >= 4 is 40.5 Å². The zero-order valence-corrected chi connectivity index (χ0v) is 19.1. The Morgan fingerprint density at radius 1 is 1.10 bits per heavy atom. The smallest absolute Gasteiger partial charge is 0.352 e. The number of benzene rings is 2. The Bertz CT molecular complexity index is 915. The summed E-state index contributed by atoms with van der Waals surface area (Å²) in [6.07, 6.45) is 6.18. The van der Waals surface area contributed by atoms with Gasteiger partial charge in [0.15, 0.2) is 0 Å². The Balaban J connectivity index is 1.62. The van der Waals surface area contributed by atoms with Crippen molar-refractivity contribution in [2.75, 3.05) is 0 Å². The van der Waals surface area contributed by atoms with E-state index in [2.05, 4.69) is 34.8 Å². The van der Waals surface area contributed by atoms with Crippen LogP contribution in [-0.2, 0) is 9.59 Å². The third-order valence-electron chi connectivity index (χ3n) is 5.37. The van der Waals surface area contributed by atoms with E-state index in [9.17, 15) is 14.7 Å². The second-order valence-electron chi connectivity index (χ2n) is 7.84. The number of amides is 1. The lowest BCUT2D eigenvalue weighted by Gasteiger charge is -2.25. The van der Waals surface area contributed by atoms with Gasteiger partial charge in [-0.05, 0) is 83.2 Å². The predicted molar refractivity (Wildman–Crippen MR) is 125 cm³/mol. The van der Waals surface area contributed by atoms with Crippen molar-refractivity contribution in [2.24, 2.45) is 11.8 Å². The number of carbonyl (C=O) groups is 2. The summed E-state index contributed by atoms with van der Waals surface area (Å²) in [5.74, 6) is 1.09. The number of hydrogen-bond donors (Lipinski definition) is 2. The first-order valence-electron chi connectivity index (χ1n) is 10.2. The highest BCUT2D eigenvalue weighted by molar-refractivity contribution is 14.1. The summed E-state index contributed by atoms with van der Waals surface area (Å²) in [5, 5.41) is 12.1. The molecule has 30 heavy (non-hydrogen) atoms. The number of hydrogen-bond acceptors (Lipinski definition) is 3. The van der Waals surface area contributed by atoms with Crippen LogP contribution in [0.4, 0.5) is 0 Å². The number of carbonyl (C=O) groups excluding carboxylic acids is 1. The van der Waals surface area contributed by atoms with Gasteiger partial charge in [0, 0.05) is 6.42 Å². The third-order valence-corrected chi connectivity index (χ3v) is 6.26. The Kier molecular flexibility index (Phi) is 7.90. The molecule has 158 valence electrons. The quantitative estimate of drug-likeness (QED) is 0.356. The molecule has 0 heterocycles. The normalized spacial score (nSPS) is 19.2. The summed E-state index contributed by atoms with van der Waals surface area (Å²) in [6, 6.07) is 14.8. The van der Waals surface area contributed by atoms with E-state index in [1.165, 1.54) is 6.08 Å². The lowest BCUT2D eigenvalue weighted by atomic mass is 9.81. The number of ether oxygens (including phenoxy) is 1. The summed E-state index contributed by atoms with van der Waals surface area (Å²) in [6.45, 7) is 2.23. The molecule has 6 heteroatoms. The van der Waals surface area contributed by atoms with Crippen LogP contribution in [0.15, 0.2) is 54.2 Å². The molecule has 0 bridgehead atoms. The number of carboxylic acid groups (broad SMARTS) is 1. The molecule has 0 saturated heterocycles. The molecular weight excluding hydrogens is 493 g/mol. The first-order chi connectivity index (χ1) is 14.4. The maximum atomic E-state index is 12.4. The fourth-order valence-corrected chi connectivity index (χ4v) is 4.10. The van der Waals surface area contributed by atoms with Gasteiger partial charge in [0.25, 0.3) is 0 Å². The molecule has 2 aromatic carbocycles. The van der Waals surface area contributed by atoms with Crippen molar-refractivity contribution in [1.29, 1.82) is 0 Å². The summed E-state index contributed by atoms with van der Waals surface area (Å²) >= 11 is 2.21. The molecule has 0 aromatic heterocycles. The van der Waals surface area contributed by atoms with Gasteiger partial charge in [0.05, 0.1) is 3.57 Å². The highest BCUT2D eigenvalue weighted by atomic mass is 127. The van der Waals surface area contributed by atoms with Crippen molar-refractivity contribution in [3.8, 4) is 11.5 Å². The number of para-hydroxylation sites is 1.